The molecular formula is C24H26ClN5O4. The number of ether oxygens (including phenoxy) is 2. The van der Waals surface area contributed by atoms with E-state index in [-0.39, 0.29) is 19.1 Å². The highest BCUT2D eigenvalue weighted by molar-refractivity contribution is 6.30. The van der Waals surface area contributed by atoms with Gasteiger partial charge in [-0.1, -0.05) is 23.7 Å². The molecule has 3 aromatic rings. The van der Waals surface area contributed by atoms with Crippen molar-refractivity contribution in [1.82, 2.24) is 19.8 Å². The SMILES string of the molecule is Cn1c(CNC(=O)CN2CCOCC3(C2)CN(c2ccc(Cl)cc2)C(=O)O3)nc2ccccc21. The molecule has 2 amide bonds. The summed E-state index contributed by atoms with van der Waals surface area (Å²) >= 11 is 5.98. The van der Waals surface area contributed by atoms with Crippen LogP contribution in [0.3, 0.4) is 0 Å². The van der Waals surface area contributed by atoms with Gasteiger partial charge in [0.25, 0.3) is 0 Å². The van der Waals surface area contributed by atoms with E-state index in [4.69, 9.17) is 21.1 Å². The highest BCUT2D eigenvalue weighted by atomic mass is 35.5. The van der Waals surface area contributed by atoms with Crippen LogP contribution in [0.2, 0.25) is 5.02 Å². The van der Waals surface area contributed by atoms with Crippen molar-refractivity contribution >= 4 is 40.3 Å². The van der Waals surface area contributed by atoms with Crippen LogP contribution >= 0.6 is 11.6 Å². The first kappa shape index (κ1) is 22.6. The Kier molecular flexibility index (Phi) is 6.16. The minimum Gasteiger partial charge on any atom is -0.437 e. The van der Waals surface area contributed by atoms with E-state index in [1.165, 1.54) is 0 Å². The molecule has 2 aliphatic rings. The van der Waals surface area contributed by atoms with Crippen molar-refractivity contribution in [3.8, 4) is 0 Å². The lowest BCUT2D eigenvalue weighted by Gasteiger charge is -2.29. The molecule has 2 aromatic carbocycles. The second-order valence-electron chi connectivity index (χ2n) is 8.73. The van der Waals surface area contributed by atoms with Crippen LogP contribution in [0.15, 0.2) is 48.5 Å². The van der Waals surface area contributed by atoms with Gasteiger partial charge in [-0.25, -0.2) is 9.78 Å². The van der Waals surface area contributed by atoms with E-state index in [0.717, 1.165) is 16.9 Å². The number of aromatic nitrogens is 2. The zero-order chi connectivity index (χ0) is 23.7. The van der Waals surface area contributed by atoms with E-state index in [9.17, 15) is 9.59 Å². The summed E-state index contributed by atoms with van der Waals surface area (Å²) in [5, 5.41) is 3.56. The van der Waals surface area contributed by atoms with Crippen LogP contribution in [0, 0.1) is 0 Å². The van der Waals surface area contributed by atoms with Gasteiger partial charge in [0, 0.05) is 30.8 Å². The van der Waals surface area contributed by atoms with E-state index in [2.05, 4.69) is 10.3 Å². The molecule has 0 radical (unpaired) electrons. The van der Waals surface area contributed by atoms with Gasteiger partial charge in [-0.2, -0.15) is 0 Å². The number of imidazole rings is 1. The first-order valence-electron chi connectivity index (χ1n) is 11.2. The summed E-state index contributed by atoms with van der Waals surface area (Å²) in [6.45, 7) is 2.55. The summed E-state index contributed by atoms with van der Waals surface area (Å²) in [5.74, 6) is 0.663. The highest BCUT2D eigenvalue weighted by Crippen LogP contribution is 2.31. The molecule has 3 heterocycles. The molecule has 34 heavy (non-hydrogen) atoms. The predicted octanol–water partition coefficient (Wildman–Crippen LogP) is 2.57. The van der Waals surface area contributed by atoms with Crippen molar-refractivity contribution in [3.05, 3.63) is 59.4 Å². The number of hydrogen-bond acceptors (Lipinski definition) is 6. The van der Waals surface area contributed by atoms with Crippen molar-refractivity contribution in [1.29, 1.82) is 0 Å². The zero-order valence-corrected chi connectivity index (χ0v) is 19.6. The van der Waals surface area contributed by atoms with E-state index in [1.807, 2.05) is 40.8 Å². The van der Waals surface area contributed by atoms with Gasteiger partial charge >= 0.3 is 6.09 Å². The number of carbonyl (C=O) groups is 2. The number of carbonyl (C=O) groups excluding carboxylic acids is 2. The maximum absolute atomic E-state index is 12.7. The number of fused-ring (bicyclic) bond motifs is 1. The summed E-state index contributed by atoms with van der Waals surface area (Å²) in [5.41, 5.74) is 1.79. The van der Waals surface area contributed by atoms with E-state index in [1.54, 1.807) is 29.2 Å². The van der Waals surface area contributed by atoms with Gasteiger partial charge in [-0.05, 0) is 36.4 Å². The second-order valence-corrected chi connectivity index (χ2v) is 9.17. The smallest absolute Gasteiger partial charge is 0.415 e. The molecule has 2 saturated heterocycles. The van der Waals surface area contributed by atoms with E-state index >= 15 is 0 Å². The average molecular weight is 484 g/mol. The molecular weight excluding hydrogens is 458 g/mol. The summed E-state index contributed by atoms with van der Waals surface area (Å²) in [6.07, 6.45) is -0.431. The molecule has 178 valence electrons. The summed E-state index contributed by atoms with van der Waals surface area (Å²) in [7, 11) is 1.94. The van der Waals surface area contributed by atoms with Gasteiger partial charge in [0.2, 0.25) is 5.91 Å². The van der Waals surface area contributed by atoms with Crippen LogP contribution in [0.5, 0.6) is 0 Å². The first-order valence-corrected chi connectivity index (χ1v) is 11.5. The summed E-state index contributed by atoms with van der Waals surface area (Å²) < 4.78 is 13.5. The van der Waals surface area contributed by atoms with Crippen molar-refractivity contribution in [2.45, 2.75) is 12.1 Å². The largest absolute Gasteiger partial charge is 0.437 e. The number of nitrogens with one attached hydrogen (secondary N) is 1. The number of amides is 2. The third kappa shape index (κ3) is 4.59. The molecule has 1 unspecified atom stereocenters. The second kappa shape index (κ2) is 9.25. The van der Waals surface area contributed by atoms with Crippen molar-refractivity contribution in [2.24, 2.45) is 7.05 Å². The number of anilines is 1. The lowest BCUT2D eigenvalue weighted by atomic mass is 10.0. The minimum atomic E-state index is -0.842. The molecule has 9 nitrogen and oxygen atoms in total. The lowest BCUT2D eigenvalue weighted by Crippen LogP contribution is -2.49. The lowest BCUT2D eigenvalue weighted by molar-refractivity contribution is -0.122. The predicted molar refractivity (Wildman–Crippen MR) is 128 cm³/mol. The number of rotatable bonds is 5. The Labute approximate surface area is 202 Å². The number of halogens is 1. The molecule has 1 atom stereocenters. The molecule has 1 N–H and O–H groups in total. The van der Waals surface area contributed by atoms with Gasteiger partial charge in [0.1, 0.15) is 5.82 Å². The molecule has 0 saturated carbocycles. The van der Waals surface area contributed by atoms with E-state index < -0.39 is 11.7 Å². The quantitative estimate of drug-likeness (QED) is 0.600. The highest BCUT2D eigenvalue weighted by Gasteiger charge is 2.48. The Morgan fingerprint density at radius 1 is 1.18 bits per heavy atom. The van der Waals surface area contributed by atoms with Gasteiger partial charge in [0.15, 0.2) is 5.60 Å². The Morgan fingerprint density at radius 3 is 2.76 bits per heavy atom. The maximum Gasteiger partial charge on any atom is 0.415 e. The standard InChI is InChI=1S/C24H26ClN5O4/c1-28-20-5-3-2-4-19(20)27-21(28)12-26-22(31)13-29-10-11-33-16-24(14-29)15-30(23(32)34-24)18-8-6-17(25)7-9-18/h2-9H,10-16H2,1H3,(H,26,31). The van der Waals surface area contributed by atoms with Gasteiger partial charge in [0.05, 0.1) is 43.9 Å². The normalized spacial score (nSPS) is 21.1. The third-order valence-electron chi connectivity index (χ3n) is 6.23. The van der Waals surface area contributed by atoms with Crippen molar-refractivity contribution < 1.29 is 19.1 Å². The molecule has 5 rings (SSSR count). The maximum atomic E-state index is 12.7. The summed E-state index contributed by atoms with van der Waals surface area (Å²) in [6, 6.07) is 14.9. The third-order valence-corrected chi connectivity index (χ3v) is 6.48. The van der Waals surface area contributed by atoms with Gasteiger partial charge < -0.3 is 19.4 Å². The van der Waals surface area contributed by atoms with Crippen LogP contribution in [0.4, 0.5) is 10.5 Å². The number of para-hydroxylation sites is 2. The number of benzene rings is 2. The van der Waals surface area contributed by atoms with Crippen LogP contribution in [0.25, 0.3) is 11.0 Å². The van der Waals surface area contributed by atoms with Crippen LogP contribution in [0.1, 0.15) is 5.82 Å². The topological polar surface area (TPSA) is 88.9 Å². The van der Waals surface area contributed by atoms with Crippen LogP contribution in [-0.4, -0.2) is 71.4 Å². The number of hydrogen-bond donors (Lipinski definition) is 1. The van der Waals surface area contributed by atoms with Gasteiger partial charge in [-0.3, -0.25) is 14.6 Å². The molecule has 0 aliphatic carbocycles. The fourth-order valence-electron chi connectivity index (χ4n) is 4.51. The van der Waals surface area contributed by atoms with Crippen LogP contribution < -0.4 is 10.2 Å². The molecule has 1 aromatic heterocycles. The van der Waals surface area contributed by atoms with Gasteiger partial charge in [-0.15, -0.1) is 0 Å². The Bertz CT molecular complexity index is 1210. The molecule has 0 bridgehead atoms. The monoisotopic (exact) mass is 483 g/mol. The number of aryl methyl sites for hydroxylation is 1. The fourth-order valence-corrected chi connectivity index (χ4v) is 4.64. The summed E-state index contributed by atoms with van der Waals surface area (Å²) in [4.78, 5) is 33.5. The average Bonchev–Trinajstić information content (AvgIpc) is 3.24. The van der Waals surface area contributed by atoms with Crippen molar-refractivity contribution in [2.75, 3.05) is 44.3 Å². The fraction of sp³-hybridized carbons (Fsp3) is 0.375. The molecule has 1 spiro atoms. The zero-order valence-electron chi connectivity index (χ0n) is 18.9. The minimum absolute atomic E-state index is 0.122. The van der Waals surface area contributed by atoms with E-state index in [0.29, 0.717) is 43.5 Å². The molecule has 2 aliphatic heterocycles. The number of nitrogens with zero attached hydrogens (tertiary/aromatic N) is 4. The first-order chi connectivity index (χ1) is 16.4. The molecule has 2 fully saturated rings. The van der Waals surface area contributed by atoms with Crippen LogP contribution in [-0.2, 0) is 27.9 Å². The Morgan fingerprint density at radius 2 is 1.97 bits per heavy atom. The molecule has 10 heteroatoms. The Hall–Kier alpha value is -3.14. The van der Waals surface area contributed by atoms with Crippen molar-refractivity contribution in [3.63, 3.8) is 0 Å². The Balaban J connectivity index is 1.22.